The molecule has 3 aromatic rings. The standard InChI is InChI=1S/C19H13F4NOS/c20-15-3-1-9-24-18(15)14(11-16(25)17-4-2-10-26-17)12-5-7-13(8-6-12)19(21,22)23/h1-10,14H,11H2/t14-/m0/s1. The van der Waals surface area contributed by atoms with Crippen LogP contribution in [0.4, 0.5) is 17.6 Å². The minimum absolute atomic E-state index is 0.0390. The zero-order valence-corrected chi connectivity index (χ0v) is 14.2. The number of hydrogen-bond donors (Lipinski definition) is 0. The Balaban J connectivity index is 1.98. The number of Topliss-reactive ketones (excluding diaryl/α,β-unsaturated/α-hetero) is 1. The number of thiophene rings is 1. The molecule has 0 aliphatic carbocycles. The molecule has 1 atom stereocenters. The quantitative estimate of drug-likeness (QED) is 0.420. The van der Waals surface area contributed by atoms with Crippen molar-refractivity contribution in [3.05, 3.63) is 87.6 Å². The maximum atomic E-state index is 14.2. The van der Waals surface area contributed by atoms with E-state index in [4.69, 9.17) is 0 Å². The first kappa shape index (κ1) is 18.3. The van der Waals surface area contributed by atoms with Crippen LogP contribution in [0.25, 0.3) is 0 Å². The van der Waals surface area contributed by atoms with Crippen molar-refractivity contribution in [1.82, 2.24) is 4.98 Å². The third-order valence-corrected chi connectivity index (χ3v) is 4.85. The van der Waals surface area contributed by atoms with Gasteiger partial charge in [-0.05, 0) is 41.3 Å². The first-order valence-electron chi connectivity index (χ1n) is 7.70. The maximum Gasteiger partial charge on any atom is 0.416 e. The zero-order valence-electron chi connectivity index (χ0n) is 13.3. The van der Waals surface area contributed by atoms with Crippen LogP contribution in [0.3, 0.4) is 0 Å². The average molecular weight is 379 g/mol. The van der Waals surface area contributed by atoms with Crippen molar-refractivity contribution in [3.63, 3.8) is 0 Å². The highest BCUT2D eigenvalue weighted by molar-refractivity contribution is 7.12. The molecule has 2 nitrogen and oxygen atoms in total. The normalized spacial score (nSPS) is 12.8. The number of ketones is 1. The van der Waals surface area contributed by atoms with Crippen LogP contribution in [-0.4, -0.2) is 10.8 Å². The summed E-state index contributed by atoms with van der Waals surface area (Å²) in [6.45, 7) is 0. The molecule has 0 saturated heterocycles. The molecule has 2 heterocycles. The molecule has 0 radical (unpaired) electrons. The zero-order chi connectivity index (χ0) is 18.7. The van der Waals surface area contributed by atoms with E-state index in [0.29, 0.717) is 10.4 Å². The number of rotatable bonds is 5. The van der Waals surface area contributed by atoms with Crippen LogP contribution in [0.5, 0.6) is 0 Å². The molecule has 2 aromatic heterocycles. The van der Waals surface area contributed by atoms with Crippen molar-refractivity contribution in [1.29, 1.82) is 0 Å². The summed E-state index contributed by atoms with van der Waals surface area (Å²) >= 11 is 1.26. The summed E-state index contributed by atoms with van der Waals surface area (Å²) in [4.78, 5) is 17.0. The summed E-state index contributed by atoms with van der Waals surface area (Å²) in [5, 5.41) is 1.75. The fourth-order valence-electron chi connectivity index (χ4n) is 2.65. The van der Waals surface area contributed by atoms with Gasteiger partial charge in [0.1, 0.15) is 5.82 Å². The van der Waals surface area contributed by atoms with Crippen molar-refractivity contribution < 1.29 is 22.4 Å². The van der Waals surface area contributed by atoms with Gasteiger partial charge in [0.05, 0.1) is 16.1 Å². The lowest BCUT2D eigenvalue weighted by atomic mass is 9.89. The van der Waals surface area contributed by atoms with Gasteiger partial charge >= 0.3 is 6.18 Å². The van der Waals surface area contributed by atoms with Gasteiger partial charge in [-0.3, -0.25) is 9.78 Å². The van der Waals surface area contributed by atoms with Crippen molar-refractivity contribution in [3.8, 4) is 0 Å². The highest BCUT2D eigenvalue weighted by Gasteiger charge is 2.31. The highest BCUT2D eigenvalue weighted by atomic mass is 32.1. The van der Waals surface area contributed by atoms with Gasteiger partial charge in [-0.15, -0.1) is 11.3 Å². The Bertz CT molecular complexity index is 889. The Hall–Kier alpha value is -2.54. The third kappa shape index (κ3) is 3.99. The molecular weight excluding hydrogens is 366 g/mol. The number of hydrogen-bond acceptors (Lipinski definition) is 3. The van der Waals surface area contributed by atoms with Crippen LogP contribution in [0.2, 0.25) is 0 Å². The summed E-state index contributed by atoms with van der Waals surface area (Å²) in [6, 6.07) is 10.4. The van der Waals surface area contributed by atoms with Gasteiger partial charge in [0, 0.05) is 18.5 Å². The molecule has 0 unspecified atom stereocenters. The van der Waals surface area contributed by atoms with Gasteiger partial charge in [0.15, 0.2) is 5.78 Å². The van der Waals surface area contributed by atoms with Crippen LogP contribution >= 0.6 is 11.3 Å². The Labute approximate surface area is 151 Å². The number of nitrogens with zero attached hydrogens (tertiary/aromatic N) is 1. The van der Waals surface area contributed by atoms with Gasteiger partial charge < -0.3 is 0 Å². The molecule has 0 saturated carbocycles. The lowest BCUT2D eigenvalue weighted by Crippen LogP contribution is -2.12. The summed E-state index contributed by atoms with van der Waals surface area (Å²) in [5.74, 6) is -1.58. The van der Waals surface area contributed by atoms with Crippen molar-refractivity contribution in [2.45, 2.75) is 18.5 Å². The monoisotopic (exact) mass is 379 g/mol. The molecule has 0 amide bonds. The molecule has 1 aromatic carbocycles. The Morgan fingerprint density at radius 1 is 1.08 bits per heavy atom. The highest BCUT2D eigenvalue weighted by Crippen LogP contribution is 2.34. The predicted molar refractivity (Wildman–Crippen MR) is 90.7 cm³/mol. The number of carbonyl (C=O) groups excluding carboxylic acids is 1. The minimum atomic E-state index is -4.46. The van der Waals surface area contributed by atoms with E-state index in [9.17, 15) is 22.4 Å². The van der Waals surface area contributed by atoms with Crippen LogP contribution in [0.1, 0.15) is 38.8 Å². The van der Waals surface area contributed by atoms with E-state index >= 15 is 0 Å². The van der Waals surface area contributed by atoms with Gasteiger partial charge in [-0.1, -0.05) is 18.2 Å². The van der Waals surface area contributed by atoms with Gasteiger partial charge in [0.2, 0.25) is 0 Å². The van der Waals surface area contributed by atoms with E-state index in [2.05, 4.69) is 4.98 Å². The van der Waals surface area contributed by atoms with E-state index < -0.39 is 23.5 Å². The molecule has 26 heavy (non-hydrogen) atoms. The van der Waals surface area contributed by atoms with Crippen molar-refractivity contribution in [2.24, 2.45) is 0 Å². The van der Waals surface area contributed by atoms with Crippen molar-refractivity contribution in [2.75, 3.05) is 0 Å². The number of halogens is 4. The van der Waals surface area contributed by atoms with E-state index in [0.717, 1.165) is 12.1 Å². The molecule has 0 N–H and O–H groups in total. The number of aromatic nitrogens is 1. The summed E-state index contributed by atoms with van der Waals surface area (Å²) in [6.07, 6.45) is -3.15. The lowest BCUT2D eigenvalue weighted by molar-refractivity contribution is -0.137. The van der Waals surface area contributed by atoms with E-state index in [1.165, 1.54) is 41.8 Å². The third-order valence-electron chi connectivity index (χ3n) is 3.94. The number of alkyl halides is 3. The first-order chi connectivity index (χ1) is 12.4. The minimum Gasteiger partial charge on any atom is -0.293 e. The fourth-order valence-corrected chi connectivity index (χ4v) is 3.33. The molecule has 0 aliphatic heterocycles. The van der Waals surface area contributed by atoms with E-state index in [-0.39, 0.29) is 17.9 Å². The Morgan fingerprint density at radius 3 is 2.38 bits per heavy atom. The van der Waals surface area contributed by atoms with Crippen LogP contribution < -0.4 is 0 Å². The number of carbonyl (C=O) groups is 1. The van der Waals surface area contributed by atoms with Crippen LogP contribution in [-0.2, 0) is 6.18 Å². The second kappa shape index (κ2) is 7.37. The Kier molecular flexibility index (Phi) is 5.18. The van der Waals surface area contributed by atoms with Crippen LogP contribution in [0.15, 0.2) is 60.1 Å². The van der Waals surface area contributed by atoms with E-state index in [1.54, 1.807) is 17.5 Å². The molecule has 134 valence electrons. The summed E-state index contributed by atoms with van der Waals surface area (Å²) in [5.41, 5.74) is -0.358. The maximum absolute atomic E-state index is 14.2. The molecule has 0 spiro atoms. The second-order valence-corrected chi connectivity index (χ2v) is 6.60. The number of pyridine rings is 1. The van der Waals surface area contributed by atoms with Gasteiger partial charge in [-0.25, -0.2) is 4.39 Å². The molecule has 0 bridgehead atoms. The molecule has 7 heteroatoms. The molecular formula is C19H13F4NOS. The largest absolute Gasteiger partial charge is 0.416 e. The topological polar surface area (TPSA) is 30.0 Å². The molecule has 0 aliphatic rings. The molecule has 0 fully saturated rings. The predicted octanol–water partition coefficient (Wildman–Crippen LogP) is 5.71. The fraction of sp³-hybridized carbons (Fsp3) is 0.158. The lowest BCUT2D eigenvalue weighted by Gasteiger charge is -2.17. The van der Waals surface area contributed by atoms with Crippen molar-refractivity contribution >= 4 is 17.1 Å². The Morgan fingerprint density at radius 2 is 1.81 bits per heavy atom. The van der Waals surface area contributed by atoms with Crippen LogP contribution in [0, 0.1) is 5.82 Å². The average Bonchev–Trinajstić information content (AvgIpc) is 3.14. The first-order valence-corrected chi connectivity index (χ1v) is 8.58. The smallest absolute Gasteiger partial charge is 0.293 e. The SMILES string of the molecule is O=C(C[C@@H](c1ccc(C(F)(F)F)cc1)c1ncccc1F)c1cccs1. The summed E-state index contributed by atoms with van der Waals surface area (Å²) < 4.78 is 52.6. The second-order valence-electron chi connectivity index (χ2n) is 5.65. The number of benzene rings is 1. The van der Waals surface area contributed by atoms with Gasteiger partial charge in [0.25, 0.3) is 0 Å². The van der Waals surface area contributed by atoms with Gasteiger partial charge in [-0.2, -0.15) is 13.2 Å². The summed E-state index contributed by atoms with van der Waals surface area (Å²) in [7, 11) is 0. The van der Waals surface area contributed by atoms with E-state index in [1.807, 2.05) is 0 Å². The molecule has 3 rings (SSSR count).